The first kappa shape index (κ1) is 43.4. The Balaban J connectivity index is 0.760. The fourth-order valence-corrected chi connectivity index (χ4v) is 10.4. The normalized spacial score (nSPS) is 20.5. The van der Waals surface area contributed by atoms with Crippen molar-refractivity contribution in [1.82, 2.24) is 30.2 Å². The summed E-state index contributed by atoms with van der Waals surface area (Å²) in [6.45, 7) is 7.74. The van der Waals surface area contributed by atoms with Crippen molar-refractivity contribution in [2.75, 3.05) is 49.9 Å². The van der Waals surface area contributed by atoms with Gasteiger partial charge in [0.2, 0.25) is 17.7 Å². The molecule has 3 aromatic heterocycles. The highest BCUT2D eigenvalue weighted by molar-refractivity contribution is 7.18. The maximum Gasteiger partial charge on any atom is 0.433 e. The molecule has 1 aliphatic carbocycles. The highest BCUT2D eigenvalue weighted by Gasteiger charge is 2.35. The quantitative estimate of drug-likeness (QED) is 0.0998. The lowest BCUT2D eigenvalue weighted by Gasteiger charge is -2.37. The molecule has 334 valence electrons. The Kier molecular flexibility index (Phi) is 11.7. The van der Waals surface area contributed by atoms with Crippen molar-refractivity contribution in [3.8, 4) is 0 Å². The summed E-state index contributed by atoms with van der Waals surface area (Å²) in [5, 5.41) is 26.8. The van der Waals surface area contributed by atoms with Crippen LogP contribution in [0.3, 0.4) is 0 Å². The molecule has 2 aliphatic heterocycles. The minimum Gasteiger partial charge on any atom is -0.386 e. The summed E-state index contributed by atoms with van der Waals surface area (Å²) in [5.41, 5.74) is 0.164. The number of aromatic nitrogens is 3. The van der Waals surface area contributed by atoms with E-state index in [9.17, 15) is 37.5 Å². The molecule has 18 heteroatoms. The zero-order chi connectivity index (χ0) is 44.9. The van der Waals surface area contributed by atoms with Crippen molar-refractivity contribution in [1.29, 1.82) is 0 Å². The van der Waals surface area contributed by atoms with Crippen LogP contribution < -0.4 is 16.0 Å². The van der Waals surface area contributed by atoms with Crippen LogP contribution in [0.25, 0.3) is 32.0 Å². The van der Waals surface area contributed by atoms with Crippen molar-refractivity contribution < 1.29 is 42.0 Å². The van der Waals surface area contributed by atoms with Gasteiger partial charge in [-0.25, -0.2) is 9.97 Å². The van der Waals surface area contributed by atoms with Gasteiger partial charge in [-0.05, 0) is 105 Å². The summed E-state index contributed by atoms with van der Waals surface area (Å²) in [5.74, 6) is -1.36. The summed E-state index contributed by atoms with van der Waals surface area (Å²) in [6.07, 6.45) is -0.0336. The maximum absolute atomic E-state index is 13.3. The maximum atomic E-state index is 13.3. The predicted octanol–water partition coefficient (Wildman–Crippen LogP) is 7.53. The molecule has 9 rings (SSSR count). The van der Waals surface area contributed by atoms with Gasteiger partial charge in [0, 0.05) is 62.0 Å². The largest absolute Gasteiger partial charge is 0.433 e. The number of hydrogen-bond acceptors (Lipinski definition) is 12. The monoisotopic (exact) mass is 896 g/mol. The highest BCUT2D eigenvalue weighted by atomic mass is 32.1. The molecule has 5 heterocycles. The van der Waals surface area contributed by atoms with E-state index in [1.54, 1.807) is 32.0 Å². The number of nitrogens with zero attached hydrogens (tertiary/aromatic N) is 5. The van der Waals surface area contributed by atoms with E-state index in [0.717, 1.165) is 96.4 Å². The Morgan fingerprint density at radius 1 is 0.922 bits per heavy atom. The number of piperazine rings is 1. The molecule has 14 nitrogen and oxygen atoms in total. The average molecular weight is 897 g/mol. The number of alkyl halides is 3. The third kappa shape index (κ3) is 9.22. The van der Waals surface area contributed by atoms with Crippen LogP contribution in [-0.4, -0.2) is 92.9 Å². The summed E-state index contributed by atoms with van der Waals surface area (Å²) < 4.78 is 46.2. The molecule has 2 saturated heterocycles. The molecule has 1 unspecified atom stereocenters. The Morgan fingerprint density at radius 2 is 1.69 bits per heavy atom. The number of halogens is 3. The van der Waals surface area contributed by atoms with E-state index < -0.39 is 29.3 Å². The summed E-state index contributed by atoms with van der Waals surface area (Å²) in [7, 11) is 0. The van der Waals surface area contributed by atoms with Gasteiger partial charge in [0.25, 0.3) is 5.91 Å². The lowest BCUT2D eigenvalue weighted by molar-refractivity contribution is -0.141. The number of hydrogen-bond donors (Lipinski definition) is 4. The molecule has 4 N–H and O–H groups in total. The van der Waals surface area contributed by atoms with Gasteiger partial charge in [0.1, 0.15) is 17.1 Å². The van der Waals surface area contributed by atoms with Crippen molar-refractivity contribution in [2.24, 2.45) is 5.92 Å². The summed E-state index contributed by atoms with van der Waals surface area (Å²) >= 11 is 1.53. The van der Waals surface area contributed by atoms with Crippen LogP contribution in [0.15, 0.2) is 65.2 Å². The minimum atomic E-state index is -4.70. The van der Waals surface area contributed by atoms with Gasteiger partial charge in [0.15, 0.2) is 5.58 Å². The molecule has 3 aliphatic rings. The van der Waals surface area contributed by atoms with Gasteiger partial charge in [-0.1, -0.05) is 23.4 Å². The molecule has 0 radical (unpaired) electrons. The summed E-state index contributed by atoms with van der Waals surface area (Å²) in [6, 6.07) is 16.0. The first-order valence-corrected chi connectivity index (χ1v) is 22.3. The first-order valence-electron chi connectivity index (χ1n) is 21.5. The molecular weight excluding hydrogens is 850 g/mol. The number of pyridine rings is 1. The number of carbonyl (C=O) groups excluding carboxylic acids is 4. The highest BCUT2D eigenvalue weighted by Crippen LogP contribution is 2.42. The van der Waals surface area contributed by atoms with Gasteiger partial charge >= 0.3 is 6.18 Å². The second-order valence-corrected chi connectivity index (χ2v) is 18.7. The van der Waals surface area contributed by atoms with Crippen LogP contribution in [0.2, 0.25) is 0 Å². The number of piperidine rings is 1. The molecule has 3 aromatic carbocycles. The van der Waals surface area contributed by atoms with Crippen LogP contribution >= 0.6 is 11.3 Å². The molecular formula is C46H47F3N8O6S. The van der Waals surface area contributed by atoms with E-state index in [-0.39, 0.29) is 48.0 Å². The Bertz CT molecular complexity index is 2790. The number of imide groups is 1. The minimum absolute atomic E-state index is 0.0963. The van der Waals surface area contributed by atoms with Crippen LogP contribution in [0.1, 0.15) is 96.7 Å². The van der Waals surface area contributed by atoms with Gasteiger partial charge in [0.05, 0.1) is 38.7 Å². The van der Waals surface area contributed by atoms with Crippen LogP contribution in [-0.2, 0) is 26.2 Å². The number of rotatable bonds is 10. The van der Waals surface area contributed by atoms with Crippen molar-refractivity contribution in [2.45, 2.75) is 76.0 Å². The lowest BCUT2D eigenvalue weighted by Crippen LogP contribution is -2.49. The summed E-state index contributed by atoms with van der Waals surface area (Å²) in [4.78, 5) is 63.7. The van der Waals surface area contributed by atoms with Crippen LogP contribution in [0, 0.1) is 5.92 Å². The van der Waals surface area contributed by atoms with E-state index >= 15 is 0 Å². The second kappa shape index (κ2) is 17.3. The zero-order valence-electron chi connectivity index (χ0n) is 35.3. The number of carbonyl (C=O) groups is 4. The van der Waals surface area contributed by atoms with Gasteiger partial charge in [-0.2, -0.15) is 13.2 Å². The molecule has 4 amide bonds. The number of fused-ring (bicyclic) bond motifs is 4. The average Bonchev–Trinajstić information content (AvgIpc) is 3.88. The van der Waals surface area contributed by atoms with Crippen molar-refractivity contribution >= 4 is 78.3 Å². The first-order chi connectivity index (χ1) is 30.6. The molecule has 1 atom stereocenters. The lowest BCUT2D eigenvalue weighted by atomic mass is 9.82. The van der Waals surface area contributed by atoms with E-state index in [1.165, 1.54) is 17.4 Å². The van der Waals surface area contributed by atoms with Gasteiger partial charge in [-0.3, -0.25) is 29.4 Å². The van der Waals surface area contributed by atoms with Crippen molar-refractivity contribution in [3.63, 3.8) is 0 Å². The number of anilines is 2. The third-order valence-corrected chi connectivity index (χ3v) is 13.8. The van der Waals surface area contributed by atoms with Crippen molar-refractivity contribution in [3.05, 3.63) is 88.3 Å². The molecule has 0 spiro atoms. The van der Waals surface area contributed by atoms with E-state index in [1.807, 2.05) is 24.3 Å². The fourth-order valence-electron chi connectivity index (χ4n) is 9.24. The fraction of sp³-hybridized carbons (Fsp3) is 0.413. The zero-order valence-corrected chi connectivity index (χ0v) is 36.1. The second-order valence-electron chi connectivity index (χ2n) is 17.6. The number of nitrogens with one attached hydrogen (secondary N) is 3. The third-order valence-electron chi connectivity index (χ3n) is 12.6. The van der Waals surface area contributed by atoms with E-state index in [0.29, 0.717) is 40.4 Å². The Hall–Kier alpha value is -5.82. The van der Waals surface area contributed by atoms with Crippen LogP contribution in [0.4, 0.5) is 24.5 Å². The Morgan fingerprint density at radius 3 is 2.42 bits per heavy atom. The number of thiazole rings is 1. The van der Waals surface area contributed by atoms with E-state index in [4.69, 9.17) is 9.51 Å². The topological polar surface area (TPSA) is 183 Å². The molecule has 6 aromatic rings. The SMILES string of the molecule is CC(C)(O)c1cc2nc(C3CCC(CN4CCN(CC(=O)Nc5ccc6c(ccc7onc(C8CCC(=O)NC8=O)c76)c5)CC4)CC3)sc2cc1NC(=O)c1cccc(C(F)(F)F)n1. The van der Waals surface area contributed by atoms with Crippen LogP contribution in [0.5, 0.6) is 0 Å². The predicted molar refractivity (Wildman–Crippen MR) is 235 cm³/mol. The number of amides is 4. The smallest absolute Gasteiger partial charge is 0.386 e. The number of benzene rings is 3. The van der Waals surface area contributed by atoms with Gasteiger partial charge in [-0.15, -0.1) is 11.3 Å². The molecule has 1 saturated carbocycles. The molecule has 3 fully saturated rings. The standard InChI is InChI=1S/C46H47F3N8O6S/c1-45(2,62)31-21-34-36(22-33(31)52-43(61)32-4-3-5-37(51-32)46(47,48)49)64-44(53-34)26-8-6-25(7-9-26)23-56-16-18-57(19-17-56)24-39(59)50-28-11-12-29-27(20-28)10-14-35-40(29)41(55-63-35)30-13-15-38(58)54-42(30)60/h3-5,10-12,14,20-22,25-26,30,62H,6-9,13,15-19,23-24H2,1-2H3,(H,50,59)(H,52,61)(H,54,58,60). The molecule has 64 heavy (non-hydrogen) atoms. The molecule has 0 bridgehead atoms. The number of aliphatic hydroxyl groups is 1. The van der Waals surface area contributed by atoms with Gasteiger partial charge < -0.3 is 25.2 Å². The Labute approximate surface area is 369 Å². The van der Waals surface area contributed by atoms with E-state index in [2.05, 4.69) is 35.9 Å².